The van der Waals surface area contributed by atoms with Gasteiger partial charge in [0.05, 0.1) is 13.0 Å². The number of nitrogens with one attached hydrogen (secondary N) is 1. The van der Waals surface area contributed by atoms with E-state index in [1.165, 1.54) is 32.4 Å². The molecule has 4 heteroatoms. The lowest BCUT2D eigenvalue weighted by atomic mass is 10.2. The maximum atomic E-state index is 10.3. The first-order valence-corrected chi connectivity index (χ1v) is 6.37. The van der Waals surface area contributed by atoms with Gasteiger partial charge in [-0.2, -0.15) is 0 Å². The minimum atomic E-state index is -0.213. The summed E-state index contributed by atoms with van der Waals surface area (Å²) in [5.74, 6) is -0.213. The molecule has 16 heavy (non-hydrogen) atoms. The largest absolute Gasteiger partial charge is 0.466 e. The summed E-state index contributed by atoms with van der Waals surface area (Å²) in [5.41, 5.74) is 5.06. The van der Waals surface area contributed by atoms with Crippen molar-refractivity contribution in [2.24, 2.45) is 5.73 Å². The van der Waals surface area contributed by atoms with Gasteiger partial charge in [0.1, 0.15) is 0 Å². The van der Waals surface area contributed by atoms with Crippen molar-refractivity contribution in [1.29, 1.82) is 0 Å². The van der Waals surface area contributed by atoms with Gasteiger partial charge in [-0.1, -0.05) is 20.3 Å². The highest BCUT2D eigenvalue weighted by molar-refractivity contribution is 5.69. The number of carbonyl (C=O) groups is 1. The van der Waals surface area contributed by atoms with Crippen LogP contribution in [0.1, 0.15) is 46.5 Å². The average molecular weight is 232 g/mol. The van der Waals surface area contributed by atoms with E-state index in [0.717, 1.165) is 0 Å². The molecule has 0 unspecified atom stereocenters. The number of rotatable bonds is 3. The van der Waals surface area contributed by atoms with Crippen molar-refractivity contribution >= 4 is 5.97 Å². The van der Waals surface area contributed by atoms with Gasteiger partial charge in [0.15, 0.2) is 0 Å². The Morgan fingerprint density at radius 1 is 1.25 bits per heavy atom. The highest BCUT2D eigenvalue weighted by Gasteiger charge is 1.95. The van der Waals surface area contributed by atoms with Crippen LogP contribution in [0.2, 0.25) is 0 Å². The van der Waals surface area contributed by atoms with Crippen LogP contribution in [0.3, 0.4) is 0 Å². The highest BCUT2D eigenvalue weighted by atomic mass is 16.5. The van der Waals surface area contributed by atoms with Gasteiger partial charge >= 0.3 is 5.97 Å². The zero-order valence-corrected chi connectivity index (χ0v) is 11.1. The molecule has 4 nitrogen and oxygen atoms in total. The quantitative estimate of drug-likeness (QED) is 0.727. The second kappa shape index (κ2) is 16.8. The second-order valence-electron chi connectivity index (χ2n) is 3.15. The molecule has 1 rings (SSSR count). The third-order valence-corrected chi connectivity index (χ3v) is 1.86. The Morgan fingerprint density at radius 3 is 2.06 bits per heavy atom. The van der Waals surface area contributed by atoms with Crippen molar-refractivity contribution in [3.05, 3.63) is 0 Å². The molecule has 1 heterocycles. The van der Waals surface area contributed by atoms with Crippen LogP contribution in [-0.2, 0) is 9.53 Å². The topological polar surface area (TPSA) is 64.3 Å². The van der Waals surface area contributed by atoms with E-state index in [4.69, 9.17) is 5.73 Å². The van der Waals surface area contributed by atoms with Crippen LogP contribution in [0, 0.1) is 0 Å². The fraction of sp³-hybridized carbons (Fsp3) is 0.917. The smallest absolute Gasteiger partial charge is 0.307 e. The molecule has 1 saturated heterocycles. The SMILES string of the molecule is C1CCNCC1.CC.CCOC(=O)CCN. The van der Waals surface area contributed by atoms with E-state index in [1.807, 2.05) is 13.8 Å². The number of piperidine rings is 1. The summed E-state index contributed by atoms with van der Waals surface area (Å²) in [7, 11) is 0. The van der Waals surface area contributed by atoms with Crippen molar-refractivity contribution < 1.29 is 9.53 Å². The summed E-state index contributed by atoms with van der Waals surface area (Å²) in [4.78, 5) is 10.3. The summed E-state index contributed by atoms with van der Waals surface area (Å²) >= 11 is 0. The summed E-state index contributed by atoms with van der Waals surface area (Å²) in [6.45, 7) is 9.09. The van der Waals surface area contributed by atoms with Crippen molar-refractivity contribution in [3.63, 3.8) is 0 Å². The Labute approximate surface area is 99.9 Å². The van der Waals surface area contributed by atoms with E-state index in [0.29, 0.717) is 19.6 Å². The molecule has 0 aliphatic carbocycles. The van der Waals surface area contributed by atoms with Crippen LogP contribution in [0.4, 0.5) is 0 Å². The first kappa shape index (κ1) is 17.8. The van der Waals surface area contributed by atoms with E-state index in [9.17, 15) is 4.79 Å². The molecular weight excluding hydrogens is 204 g/mol. The molecule has 98 valence electrons. The van der Waals surface area contributed by atoms with Gasteiger partial charge in [-0.25, -0.2) is 0 Å². The average Bonchev–Trinajstić information content (AvgIpc) is 2.35. The van der Waals surface area contributed by atoms with Gasteiger partial charge in [-0.3, -0.25) is 4.79 Å². The number of nitrogens with two attached hydrogens (primary N) is 1. The Hall–Kier alpha value is -0.610. The van der Waals surface area contributed by atoms with Gasteiger partial charge in [-0.15, -0.1) is 0 Å². The summed E-state index contributed by atoms with van der Waals surface area (Å²) in [6.07, 6.45) is 4.54. The van der Waals surface area contributed by atoms with Crippen molar-refractivity contribution in [1.82, 2.24) is 5.32 Å². The molecule has 3 N–H and O–H groups in total. The molecule has 0 amide bonds. The van der Waals surface area contributed by atoms with Crippen LogP contribution < -0.4 is 11.1 Å². The number of esters is 1. The van der Waals surface area contributed by atoms with Gasteiger partial charge < -0.3 is 15.8 Å². The molecule has 0 aromatic carbocycles. The fourth-order valence-electron chi connectivity index (χ4n) is 1.15. The molecule has 0 bridgehead atoms. The number of hydrogen-bond acceptors (Lipinski definition) is 4. The molecule has 0 spiro atoms. The lowest BCUT2D eigenvalue weighted by molar-refractivity contribution is -0.142. The molecule has 1 aliphatic heterocycles. The molecule has 1 aliphatic rings. The van der Waals surface area contributed by atoms with E-state index in [-0.39, 0.29) is 5.97 Å². The Balaban J connectivity index is 0. The van der Waals surface area contributed by atoms with Gasteiger partial charge in [0, 0.05) is 6.54 Å². The normalized spacial score (nSPS) is 13.8. The van der Waals surface area contributed by atoms with E-state index in [2.05, 4.69) is 10.1 Å². The monoisotopic (exact) mass is 232 g/mol. The number of carbonyl (C=O) groups excluding carboxylic acids is 1. The van der Waals surface area contributed by atoms with Crippen LogP contribution in [0.5, 0.6) is 0 Å². The summed E-state index contributed by atoms with van der Waals surface area (Å²) in [6, 6.07) is 0. The molecule has 0 radical (unpaired) electrons. The maximum Gasteiger partial charge on any atom is 0.307 e. The van der Waals surface area contributed by atoms with Gasteiger partial charge in [0.25, 0.3) is 0 Å². The molecule has 0 aromatic heterocycles. The van der Waals surface area contributed by atoms with E-state index in [1.54, 1.807) is 6.92 Å². The predicted octanol–water partition coefficient (Wildman–Crippen LogP) is 1.68. The van der Waals surface area contributed by atoms with E-state index < -0.39 is 0 Å². The van der Waals surface area contributed by atoms with Crippen LogP contribution in [0.15, 0.2) is 0 Å². The third kappa shape index (κ3) is 15.8. The van der Waals surface area contributed by atoms with Crippen molar-refractivity contribution in [2.75, 3.05) is 26.2 Å². The third-order valence-electron chi connectivity index (χ3n) is 1.86. The number of ether oxygens (including phenoxy) is 1. The zero-order valence-electron chi connectivity index (χ0n) is 11.1. The van der Waals surface area contributed by atoms with Crippen LogP contribution in [0.25, 0.3) is 0 Å². The highest BCUT2D eigenvalue weighted by Crippen LogP contribution is 1.96. The predicted molar refractivity (Wildman–Crippen MR) is 68.4 cm³/mol. The van der Waals surface area contributed by atoms with Crippen molar-refractivity contribution in [2.45, 2.75) is 46.5 Å². The molecule has 0 saturated carbocycles. The van der Waals surface area contributed by atoms with Crippen molar-refractivity contribution in [3.8, 4) is 0 Å². The lowest BCUT2D eigenvalue weighted by Gasteiger charge is -2.08. The molecular formula is C12H28N2O2. The number of hydrogen-bond donors (Lipinski definition) is 2. The first-order valence-electron chi connectivity index (χ1n) is 6.37. The summed E-state index contributed by atoms with van der Waals surface area (Å²) < 4.78 is 4.56. The minimum absolute atomic E-state index is 0.213. The maximum absolute atomic E-state index is 10.3. The molecule has 0 aromatic rings. The summed E-state index contributed by atoms with van der Waals surface area (Å²) in [5, 5.41) is 3.28. The Bertz CT molecular complexity index is 117. The van der Waals surface area contributed by atoms with Gasteiger partial charge in [-0.05, 0) is 32.9 Å². The fourth-order valence-corrected chi connectivity index (χ4v) is 1.15. The second-order valence-corrected chi connectivity index (χ2v) is 3.15. The standard InChI is InChI=1S/C5H11NO2.C5H11N.C2H6/c1-2-8-5(7)3-4-6;1-2-4-6-5-3-1;1-2/h2-4,6H2,1H3;6H,1-5H2;1-2H3. The van der Waals surface area contributed by atoms with Crippen LogP contribution >= 0.6 is 0 Å². The van der Waals surface area contributed by atoms with Crippen LogP contribution in [-0.4, -0.2) is 32.2 Å². The molecule has 1 fully saturated rings. The minimum Gasteiger partial charge on any atom is -0.466 e. The lowest BCUT2D eigenvalue weighted by Crippen LogP contribution is -2.21. The Morgan fingerprint density at radius 2 is 1.81 bits per heavy atom. The molecule has 0 atom stereocenters. The Kier molecular flexibility index (Phi) is 18.7. The first-order chi connectivity index (χ1) is 7.81. The van der Waals surface area contributed by atoms with Gasteiger partial charge in [0.2, 0.25) is 0 Å². The van der Waals surface area contributed by atoms with E-state index >= 15 is 0 Å². The zero-order chi connectivity index (χ0) is 12.6.